The van der Waals surface area contributed by atoms with Crippen LogP contribution in [0.25, 0.3) is 11.1 Å². The van der Waals surface area contributed by atoms with Gasteiger partial charge in [-0.05, 0) is 89.7 Å². The van der Waals surface area contributed by atoms with Gasteiger partial charge in [-0.3, -0.25) is 4.79 Å². The molecule has 5 N–H and O–H groups in total. The lowest BCUT2D eigenvalue weighted by atomic mass is 9.78. The number of phenols is 1. The number of nitrogens with zero attached hydrogens (tertiary/aromatic N) is 1. The summed E-state index contributed by atoms with van der Waals surface area (Å²) in [5.74, 6) is -3.20. The maximum absolute atomic E-state index is 14.5. The number of aromatic hydroxyl groups is 1. The summed E-state index contributed by atoms with van der Waals surface area (Å²) in [4.78, 5) is 14.9. The first-order valence-corrected chi connectivity index (χ1v) is 17.8. The van der Waals surface area contributed by atoms with E-state index in [-0.39, 0.29) is 29.1 Å². The zero-order valence-corrected chi connectivity index (χ0v) is 28.1. The topological polar surface area (TPSA) is 174 Å². The smallest absolute Gasteiger partial charge is 0.233 e. The molecule has 0 spiro atoms. The number of amides is 1. The molecule has 2 saturated heterocycles. The summed E-state index contributed by atoms with van der Waals surface area (Å²) < 4.78 is 67.0. The lowest BCUT2D eigenvalue weighted by molar-refractivity contribution is -0.285. The number of β-lactam (4-membered cyclic amide) rings is 1. The molecule has 2 fully saturated rings. The lowest BCUT2D eigenvalue weighted by Gasteiger charge is -2.48. The number of hydrogen-bond acceptors (Lipinski definition) is 10. The van der Waals surface area contributed by atoms with Gasteiger partial charge >= 0.3 is 0 Å². The Morgan fingerprint density at radius 3 is 2.16 bits per heavy atom. The maximum atomic E-state index is 14.5. The Morgan fingerprint density at radius 1 is 0.863 bits per heavy atom. The fraction of sp³-hybridized carbons (Fsp3) is 0.324. The maximum Gasteiger partial charge on any atom is 0.233 e. The van der Waals surface area contributed by atoms with Crippen LogP contribution in [-0.2, 0) is 24.1 Å². The number of carbonyl (C=O) groups excluding carboxylic acids is 1. The molecule has 2 heterocycles. The number of methoxy groups -OCH3 is 1. The Kier molecular flexibility index (Phi) is 10.6. The minimum Gasteiger partial charge on any atom is -0.508 e. The van der Waals surface area contributed by atoms with Crippen LogP contribution in [-0.4, -0.2) is 83.4 Å². The molecule has 2 aliphatic rings. The first-order chi connectivity index (χ1) is 24.3. The van der Waals surface area contributed by atoms with Gasteiger partial charge < -0.3 is 39.9 Å². The van der Waals surface area contributed by atoms with E-state index in [1.807, 2.05) is 0 Å². The summed E-state index contributed by atoms with van der Waals surface area (Å²) in [6, 6.07) is 20.2. The van der Waals surface area contributed by atoms with Gasteiger partial charge in [0.15, 0.2) is 16.1 Å². The van der Waals surface area contributed by atoms with Gasteiger partial charge in [0.25, 0.3) is 0 Å². The Morgan fingerprint density at radius 2 is 1.51 bits per heavy atom. The van der Waals surface area contributed by atoms with E-state index >= 15 is 0 Å². The second kappa shape index (κ2) is 14.8. The van der Waals surface area contributed by atoms with Crippen LogP contribution < -0.4 is 4.90 Å². The number of aliphatic hydroxyl groups is 4. The first-order valence-electron chi connectivity index (χ1n) is 16.2. The van der Waals surface area contributed by atoms with Crippen molar-refractivity contribution in [2.24, 2.45) is 5.92 Å². The van der Waals surface area contributed by atoms with Gasteiger partial charge in [-0.25, -0.2) is 17.2 Å². The number of halogens is 2. The van der Waals surface area contributed by atoms with Crippen molar-refractivity contribution < 1.29 is 57.0 Å². The van der Waals surface area contributed by atoms with Crippen molar-refractivity contribution in [3.8, 4) is 16.9 Å². The van der Waals surface area contributed by atoms with Gasteiger partial charge in [0, 0.05) is 12.8 Å². The Labute approximate surface area is 292 Å². The van der Waals surface area contributed by atoms with Crippen LogP contribution in [0.1, 0.15) is 36.1 Å². The highest BCUT2D eigenvalue weighted by Crippen LogP contribution is 2.49. The van der Waals surface area contributed by atoms with Crippen molar-refractivity contribution in [2.75, 3.05) is 17.8 Å². The van der Waals surface area contributed by atoms with E-state index in [2.05, 4.69) is 0 Å². The normalized spacial score (nSPS) is 25.7. The van der Waals surface area contributed by atoms with Crippen LogP contribution in [0.4, 0.5) is 14.5 Å². The molecule has 0 bridgehead atoms. The van der Waals surface area contributed by atoms with E-state index < -0.39 is 81.9 Å². The molecule has 2 aliphatic heterocycles. The number of rotatable bonds is 11. The first kappa shape index (κ1) is 36.5. The zero-order valence-electron chi connectivity index (χ0n) is 27.3. The molecule has 0 radical (unpaired) electrons. The molecular weight excluding hydrogens is 688 g/mol. The number of carbonyl (C=O) groups is 1. The molecule has 11 nitrogen and oxygen atoms in total. The SMILES string of the molecule is CO[C@@H]1OC(CS(=O)(=O)c2cc(-c3cccc(O)c3)ccc2[C@@H]2[C@@H](CC[C@H](O)c3ccc(F)cc3)C(=O)N2c2ccc(F)cc2)[C@H](O)[C@@H](O)[C@@H]1O. The minimum atomic E-state index is -4.47. The van der Waals surface area contributed by atoms with Crippen LogP contribution in [0, 0.1) is 17.6 Å². The molecule has 1 unspecified atom stereocenters. The van der Waals surface area contributed by atoms with E-state index in [1.165, 1.54) is 84.8 Å². The summed E-state index contributed by atoms with van der Waals surface area (Å²) in [7, 11) is -3.28. The number of anilines is 1. The number of ether oxygens (including phenoxy) is 2. The highest BCUT2D eigenvalue weighted by atomic mass is 32.2. The molecule has 0 aromatic heterocycles. The third-order valence-corrected chi connectivity index (χ3v) is 11.2. The molecule has 14 heteroatoms. The summed E-state index contributed by atoms with van der Waals surface area (Å²) in [5, 5.41) is 52.5. The molecule has 51 heavy (non-hydrogen) atoms. The monoisotopic (exact) mass is 725 g/mol. The molecule has 270 valence electrons. The van der Waals surface area contributed by atoms with Gasteiger partial charge in [-0.2, -0.15) is 0 Å². The van der Waals surface area contributed by atoms with E-state index in [0.29, 0.717) is 22.4 Å². The molecular formula is C37H37F2NO10S. The van der Waals surface area contributed by atoms with Gasteiger partial charge in [0.1, 0.15) is 41.8 Å². The third-order valence-electron chi connectivity index (χ3n) is 9.46. The molecule has 0 aliphatic carbocycles. The van der Waals surface area contributed by atoms with Crippen LogP contribution >= 0.6 is 0 Å². The number of hydrogen-bond donors (Lipinski definition) is 5. The third kappa shape index (κ3) is 7.39. The standard InChI is InChI=1S/C37H37F2NO10S/c1-49-37-35(45)34(44)33(43)30(50-37)19-51(47,48)31-18-22(21-3-2-4-26(41)17-21)7-14-27(31)32-28(15-16-29(42)20-5-8-23(38)9-6-20)36(46)40(32)25-12-10-24(39)11-13-25/h2-14,17-18,28-30,32-35,37,41-45H,15-16,19H2,1H3/t28-,29+,30?,32-,33+,34-,35+,37-/m1/s1. The molecule has 6 rings (SSSR count). The fourth-order valence-corrected chi connectivity index (χ4v) is 8.47. The predicted octanol–water partition coefficient (Wildman–Crippen LogP) is 3.78. The summed E-state index contributed by atoms with van der Waals surface area (Å²) in [6.45, 7) is 0. The van der Waals surface area contributed by atoms with Crippen molar-refractivity contribution >= 4 is 21.4 Å². The molecule has 0 saturated carbocycles. The van der Waals surface area contributed by atoms with Crippen LogP contribution in [0.5, 0.6) is 5.75 Å². The van der Waals surface area contributed by atoms with Crippen molar-refractivity contribution in [2.45, 2.75) is 60.6 Å². The average Bonchev–Trinajstić information content (AvgIpc) is 3.11. The van der Waals surface area contributed by atoms with E-state index in [1.54, 1.807) is 18.2 Å². The summed E-state index contributed by atoms with van der Waals surface area (Å²) >= 11 is 0. The van der Waals surface area contributed by atoms with Gasteiger partial charge in [0.2, 0.25) is 5.91 Å². The van der Waals surface area contributed by atoms with Gasteiger partial charge in [-0.1, -0.05) is 36.4 Å². The van der Waals surface area contributed by atoms with Crippen LogP contribution in [0.3, 0.4) is 0 Å². The van der Waals surface area contributed by atoms with E-state index in [4.69, 9.17) is 9.47 Å². The highest BCUT2D eigenvalue weighted by molar-refractivity contribution is 7.91. The van der Waals surface area contributed by atoms with E-state index in [9.17, 15) is 47.5 Å². The van der Waals surface area contributed by atoms with Crippen molar-refractivity contribution in [1.29, 1.82) is 0 Å². The van der Waals surface area contributed by atoms with Crippen molar-refractivity contribution in [1.82, 2.24) is 0 Å². The molecule has 4 aromatic rings. The van der Waals surface area contributed by atoms with Gasteiger partial charge in [-0.15, -0.1) is 0 Å². The molecule has 1 amide bonds. The second-order valence-corrected chi connectivity index (χ2v) is 14.7. The Bertz CT molecular complexity index is 1980. The number of sulfone groups is 1. The quantitative estimate of drug-likeness (QED) is 0.143. The van der Waals surface area contributed by atoms with Crippen molar-refractivity contribution in [3.05, 3.63) is 114 Å². The molecule has 8 atom stereocenters. The number of benzene rings is 4. The van der Waals surface area contributed by atoms with E-state index in [0.717, 1.165) is 0 Å². The van der Waals surface area contributed by atoms with Crippen LogP contribution in [0.15, 0.2) is 95.9 Å². The molecule has 4 aromatic carbocycles. The van der Waals surface area contributed by atoms with Gasteiger partial charge in [0.05, 0.1) is 28.7 Å². The fourth-order valence-electron chi connectivity index (χ4n) is 6.73. The minimum absolute atomic E-state index is 0.0651. The number of phenolic OH excluding ortho intramolecular Hbond substituents is 1. The lowest BCUT2D eigenvalue weighted by Crippen LogP contribution is -2.59. The predicted molar refractivity (Wildman–Crippen MR) is 180 cm³/mol. The van der Waals surface area contributed by atoms with Crippen molar-refractivity contribution in [3.63, 3.8) is 0 Å². The largest absolute Gasteiger partial charge is 0.508 e. The highest BCUT2D eigenvalue weighted by Gasteiger charge is 2.51. The zero-order chi connectivity index (χ0) is 36.6. The van der Waals surface area contributed by atoms with Crippen LogP contribution in [0.2, 0.25) is 0 Å². The Hall–Kier alpha value is -4.28. The Balaban J connectivity index is 1.43. The summed E-state index contributed by atoms with van der Waals surface area (Å²) in [6.07, 6.45) is -9.10. The second-order valence-electron chi connectivity index (χ2n) is 12.7. The number of aliphatic hydroxyl groups excluding tert-OH is 4. The average molecular weight is 726 g/mol. The summed E-state index contributed by atoms with van der Waals surface area (Å²) in [5.41, 5.74) is 1.78.